The monoisotopic (exact) mass is 413 g/mol. The molecule has 29 heavy (non-hydrogen) atoms. The number of thiophene rings is 1. The molecule has 0 aliphatic carbocycles. The fourth-order valence-electron chi connectivity index (χ4n) is 3.12. The smallest absolute Gasteiger partial charge is 0.266 e. The molecule has 3 rings (SSSR count). The third-order valence-electron chi connectivity index (χ3n) is 4.41. The van der Waals surface area contributed by atoms with Gasteiger partial charge in [0.15, 0.2) is 11.5 Å². The summed E-state index contributed by atoms with van der Waals surface area (Å²) in [5.74, 6) is 1.89. The SMILES string of the molecule is CCCOc1ccc(NC(=O)c2sc3nc(C)nc(C)c3c2C)cc1OCCC. The average molecular weight is 414 g/mol. The van der Waals surface area contributed by atoms with Gasteiger partial charge in [-0.2, -0.15) is 0 Å². The Labute approximate surface area is 175 Å². The minimum absolute atomic E-state index is 0.161. The van der Waals surface area contributed by atoms with Crippen LogP contribution in [0.25, 0.3) is 10.2 Å². The van der Waals surface area contributed by atoms with Gasteiger partial charge in [0.1, 0.15) is 10.7 Å². The van der Waals surface area contributed by atoms with Gasteiger partial charge >= 0.3 is 0 Å². The first kappa shape index (κ1) is 21.0. The molecule has 0 radical (unpaired) electrons. The number of nitrogens with zero attached hydrogens (tertiary/aromatic N) is 2. The molecular weight excluding hydrogens is 386 g/mol. The molecule has 0 spiro atoms. The van der Waals surface area contributed by atoms with Crippen LogP contribution in [0.3, 0.4) is 0 Å². The lowest BCUT2D eigenvalue weighted by atomic mass is 10.1. The van der Waals surface area contributed by atoms with Crippen molar-refractivity contribution in [1.29, 1.82) is 0 Å². The maximum absolute atomic E-state index is 13.0. The van der Waals surface area contributed by atoms with Crippen molar-refractivity contribution in [3.8, 4) is 11.5 Å². The van der Waals surface area contributed by atoms with Crippen LogP contribution < -0.4 is 14.8 Å². The molecule has 6 nitrogen and oxygen atoms in total. The topological polar surface area (TPSA) is 73.3 Å². The molecule has 154 valence electrons. The Morgan fingerprint density at radius 2 is 1.72 bits per heavy atom. The van der Waals surface area contributed by atoms with E-state index in [-0.39, 0.29) is 5.91 Å². The molecule has 0 aliphatic heterocycles. The van der Waals surface area contributed by atoms with Gasteiger partial charge in [0.05, 0.1) is 18.1 Å². The Kier molecular flexibility index (Phi) is 6.69. The molecule has 0 saturated heterocycles. The number of hydrogen-bond donors (Lipinski definition) is 1. The Hall–Kier alpha value is -2.67. The highest BCUT2D eigenvalue weighted by Crippen LogP contribution is 2.34. The largest absolute Gasteiger partial charge is 0.490 e. The van der Waals surface area contributed by atoms with Crippen LogP contribution in [-0.2, 0) is 0 Å². The molecule has 0 fully saturated rings. The van der Waals surface area contributed by atoms with E-state index in [1.165, 1.54) is 11.3 Å². The van der Waals surface area contributed by atoms with Crippen molar-refractivity contribution < 1.29 is 14.3 Å². The Morgan fingerprint density at radius 1 is 1.03 bits per heavy atom. The average Bonchev–Trinajstić information content (AvgIpc) is 3.02. The Balaban J connectivity index is 1.87. The van der Waals surface area contributed by atoms with Crippen molar-refractivity contribution in [2.45, 2.75) is 47.5 Å². The molecule has 1 amide bonds. The van der Waals surface area contributed by atoms with Gasteiger partial charge in [-0.1, -0.05) is 13.8 Å². The maximum atomic E-state index is 13.0. The van der Waals surface area contributed by atoms with E-state index in [1.54, 1.807) is 0 Å². The summed E-state index contributed by atoms with van der Waals surface area (Å²) in [5.41, 5.74) is 2.47. The number of ether oxygens (including phenoxy) is 2. The molecule has 0 bridgehead atoms. The van der Waals surface area contributed by atoms with Crippen LogP contribution in [0.15, 0.2) is 18.2 Å². The van der Waals surface area contributed by atoms with Crippen molar-refractivity contribution in [2.24, 2.45) is 0 Å². The number of aryl methyl sites for hydroxylation is 3. The van der Waals surface area contributed by atoms with E-state index in [2.05, 4.69) is 29.1 Å². The van der Waals surface area contributed by atoms with Gasteiger partial charge in [-0.15, -0.1) is 11.3 Å². The molecule has 0 aliphatic rings. The van der Waals surface area contributed by atoms with Crippen molar-refractivity contribution in [3.05, 3.63) is 40.2 Å². The number of rotatable bonds is 8. The molecular formula is C22H27N3O3S. The fourth-order valence-corrected chi connectivity index (χ4v) is 4.29. The molecule has 7 heteroatoms. The van der Waals surface area contributed by atoms with Crippen molar-refractivity contribution >= 4 is 33.1 Å². The van der Waals surface area contributed by atoms with Gasteiger partial charge in [0, 0.05) is 22.8 Å². The van der Waals surface area contributed by atoms with E-state index in [4.69, 9.17) is 9.47 Å². The standard InChI is InChI=1S/C22H27N3O3S/c1-6-10-27-17-9-8-16(12-18(17)28-11-7-2)25-21(26)20-13(3)19-14(4)23-15(5)24-22(19)29-20/h8-9,12H,6-7,10-11H2,1-5H3,(H,25,26). The summed E-state index contributed by atoms with van der Waals surface area (Å²) in [7, 11) is 0. The first-order valence-corrected chi connectivity index (χ1v) is 10.7. The quantitative estimate of drug-likeness (QED) is 0.532. The van der Waals surface area contributed by atoms with Crippen LogP contribution in [0.2, 0.25) is 0 Å². The molecule has 2 heterocycles. The summed E-state index contributed by atoms with van der Waals surface area (Å²) in [6, 6.07) is 5.49. The van der Waals surface area contributed by atoms with Gasteiger partial charge in [-0.3, -0.25) is 4.79 Å². The molecule has 0 atom stereocenters. The van der Waals surface area contributed by atoms with E-state index < -0.39 is 0 Å². The minimum Gasteiger partial charge on any atom is -0.490 e. The normalized spacial score (nSPS) is 10.9. The summed E-state index contributed by atoms with van der Waals surface area (Å²) < 4.78 is 11.6. The number of nitrogens with one attached hydrogen (secondary N) is 1. The third-order valence-corrected chi connectivity index (χ3v) is 5.60. The highest BCUT2D eigenvalue weighted by atomic mass is 32.1. The Bertz CT molecular complexity index is 1030. The number of hydrogen-bond acceptors (Lipinski definition) is 6. The molecule has 0 unspecified atom stereocenters. The van der Waals surface area contributed by atoms with Gasteiger partial charge in [-0.05, 0) is 51.3 Å². The van der Waals surface area contributed by atoms with Crippen LogP contribution in [0.1, 0.15) is 53.4 Å². The molecule has 3 aromatic rings. The third kappa shape index (κ3) is 4.67. The lowest BCUT2D eigenvalue weighted by Gasteiger charge is -2.14. The van der Waals surface area contributed by atoms with Crippen molar-refractivity contribution in [1.82, 2.24) is 9.97 Å². The zero-order valence-corrected chi connectivity index (χ0v) is 18.4. The minimum atomic E-state index is -0.161. The van der Waals surface area contributed by atoms with Crippen LogP contribution in [-0.4, -0.2) is 29.1 Å². The molecule has 1 N–H and O–H groups in total. The second kappa shape index (κ2) is 9.22. The lowest BCUT2D eigenvalue weighted by Crippen LogP contribution is -2.12. The van der Waals surface area contributed by atoms with Crippen LogP contribution in [0.4, 0.5) is 5.69 Å². The summed E-state index contributed by atoms with van der Waals surface area (Å²) in [6.07, 6.45) is 1.81. The van der Waals surface area contributed by atoms with E-state index in [0.717, 1.165) is 34.3 Å². The number of benzene rings is 1. The van der Waals surface area contributed by atoms with E-state index in [9.17, 15) is 4.79 Å². The zero-order valence-electron chi connectivity index (χ0n) is 17.6. The molecule has 2 aromatic heterocycles. The number of carbonyl (C=O) groups excluding carboxylic acids is 1. The maximum Gasteiger partial charge on any atom is 0.266 e. The predicted molar refractivity (Wildman–Crippen MR) is 118 cm³/mol. The predicted octanol–water partition coefficient (Wildman–Crippen LogP) is 5.45. The van der Waals surface area contributed by atoms with Gasteiger partial charge in [0.25, 0.3) is 5.91 Å². The number of amides is 1. The fraction of sp³-hybridized carbons (Fsp3) is 0.409. The van der Waals surface area contributed by atoms with Crippen molar-refractivity contribution in [3.63, 3.8) is 0 Å². The molecule has 0 saturated carbocycles. The first-order chi connectivity index (χ1) is 13.9. The number of carbonyl (C=O) groups is 1. The number of aromatic nitrogens is 2. The van der Waals surface area contributed by atoms with E-state index in [0.29, 0.717) is 41.1 Å². The summed E-state index contributed by atoms with van der Waals surface area (Å²) in [6.45, 7) is 11.1. The number of anilines is 1. The van der Waals surface area contributed by atoms with E-state index in [1.807, 2.05) is 39.0 Å². The first-order valence-electron chi connectivity index (χ1n) is 9.89. The second-order valence-electron chi connectivity index (χ2n) is 6.91. The Morgan fingerprint density at radius 3 is 2.41 bits per heavy atom. The van der Waals surface area contributed by atoms with Crippen LogP contribution in [0.5, 0.6) is 11.5 Å². The lowest BCUT2D eigenvalue weighted by molar-refractivity contribution is 0.103. The zero-order chi connectivity index (χ0) is 21.0. The van der Waals surface area contributed by atoms with E-state index >= 15 is 0 Å². The summed E-state index contributed by atoms with van der Waals surface area (Å²) in [5, 5.41) is 3.94. The van der Waals surface area contributed by atoms with Gasteiger partial charge in [-0.25, -0.2) is 9.97 Å². The summed E-state index contributed by atoms with van der Waals surface area (Å²) >= 11 is 1.39. The van der Waals surface area contributed by atoms with Gasteiger partial charge in [0.2, 0.25) is 0 Å². The van der Waals surface area contributed by atoms with Crippen molar-refractivity contribution in [2.75, 3.05) is 18.5 Å². The number of fused-ring (bicyclic) bond motifs is 1. The second-order valence-corrected chi connectivity index (χ2v) is 7.90. The van der Waals surface area contributed by atoms with Crippen LogP contribution in [0, 0.1) is 20.8 Å². The highest BCUT2D eigenvalue weighted by Gasteiger charge is 2.19. The van der Waals surface area contributed by atoms with Crippen LogP contribution >= 0.6 is 11.3 Å². The summed E-state index contributed by atoms with van der Waals surface area (Å²) in [4.78, 5) is 23.4. The van der Waals surface area contributed by atoms with Gasteiger partial charge < -0.3 is 14.8 Å². The highest BCUT2D eigenvalue weighted by molar-refractivity contribution is 7.20. The molecule has 1 aromatic carbocycles.